The molecule has 2 aromatic rings. The first kappa shape index (κ1) is 29.1. The van der Waals surface area contributed by atoms with E-state index in [-0.39, 0.29) is 46.5 Å². The van der Waals surface area contributed by atoms with Gasteiger partial charge in [0.15, 0.2) is 0 Å². The van der Waals surface area contributed by atoms with Gasteiger partial charge in [-0.3, -0.25) is 0 Å². The largest absolute Gasteiger partial charge is 2.00 e. The number of allylic oxidation sites excluding steroid dienone is 4. The van der Waals surface area contributed by atoms with E-state index in [0.717, 1.165) is 17.5 Å². The average molecular weight is 452 g/mol. The Bertz CT molecular complexity index is 800. The molecule has 0 amide bonds. The van der Waals surface area contributed by atoms with Gasteiger partial charge >= 0.3 is 21.7 Å². The Hall–Kier alpha value is -1.12. The summed E-state index contributed by atoms with van der Waals surface area (Å²) >= 11 is 0. The summed E-state index contributed by atoms with van der Waals surface area (Å²) in [7, 11) is 0. The van der Waals surface area contributed by atoms with Gasteiger partial charge < -0.3 is 5.73 Å². The smallest absolute Gasteiger partial charge is 0.698 e. The Morgan fingerprint density at radius 2 is 1.43 bits per heavy atom. The monoisotopic (exact) mass is 451 g/mol. The van der Waals surface area contributed by atoms with E-state index in [9.17, 15) is 0 Å². The molecule has 150 valence electrons. The molecule has 0 bridgehead atoms. The van der Waals surface area contributed by atoms with E-state index in [1.807, 2.05) is 26.0 Å². The molecule has 0 fully saturated rings. The first-order chi connectivity index (χ1) is 11.8. The molecular weight excluding hydrogens is 421 g/mol. The molecule has 0 saturated carbocycles. The molecule has 2 aromatic carbocycles. The molecule has 1 nitrogen and oxygen atoms in total. The molecule has 0 aromatic heterocycles. The Balaban J connectivity index is 0. The third-order valence-electron chi connectivity index (χ3n) is 4.53. The summed E-state index contributed by atoms with van der Waals surface area (Å²) in [6, 6.07) is 12.7. The van der Waals surface area contributed by atoms with E-state index in [1.165, 1.54) is 33.8 Å². The minimum atomic E-state index is 0. The van der Waals surface area contributed by atoms with Crippen molar-refractivity contribution >= 4 is 36.1 Å². The summed E-state index contributed by atoms with van der Waals surface area (Å²) in [5, 5.41) is 0. The fourth-order valence-electron chi connectivity index (χ4n) is 3.23. The summed E-state index contributed by atoms with van der Waals surface area (Å²) in [5.41, 5.74) is 17.2. The zero-order valence-electron chi connectivity index (χ0n) is 17.6. The van der Waals surface area contributed by atoms with Gasteiger partial charge in [0, 0.05) is 0 Å². The Morgan fingerprint density at radius 3 is 1.89 bits per heavy atom. The molecule has 0 atom stereocenters. The van der Waals surface area contributed by atoms with Crippen molar-refractivity contribution in [3.05, 3.63) is 93.6 Å². The molecule has 0 spiro atoms. The van der Waals surface area contributed by atoms with Crippen molar-refractivity contribution in [3.8, 4) is 0 Å². The summed E-state index contributed by atoms with van der Waals surface area (Å²) < 4.78 is 0. The van der Waals surface area contributed by atoms with E-state index in [1.54, 1.807) is 0 Å². The standard InChI is InChI=1S/C15H17.C9H12N.2ClH.Ti/c1-11(2)14-6-4-5-7-15(14)13-9-8-12(3)10-13;1-6-4-7(2)9(10)8(3)5-6;;;/h4-8,10H,9H2,1-3H3;4-5,10H,1-3H3;2*1H;/q2*-1;;;+2. The Labute approximate surface area is 198 Å². The zero-order valence-corrected chi connectivity index (χ0v) is 20.8. The number of aryl methyl sites for hydroxylation is 3. The van der Waals surface area contributed by atoms with Gasteiger partial charge in [0.05, 0.1) is 0 Å². The van der Waals surface area contributed by atoms with Gasteiger partial charge in [-0.15, -0.1) is 48.2 Å². The molecule has 0 unspecified atom stereocenters. The molecule has 1 N–H and O–H groups in total. The van der Waals surface area contributed by atoms with Crippen molar-refractivity contribution in [2.24, 2.45) is 0 Å². The molecule has 0 saturated heterocycles. The predicted molar refractivity (Wildman–Crippen MR) is 126 cm³/mol. The Morgan fingerprint density at radius 1 is 0.893 bits per heavy atom. The number of benzene rings is 2. The van der Waals surface area contributed by atoms with Crippen LogP contribution in [0.25, 0.3) is 11.3 Å². The van der Waals surface area contributed by atoms with Gasteiger partial charge in [-0.2, -0.15) is 17.5 Å². The molecule has 28 heavy (non-hydrogen) atoms. The summed E-state index contributed by atoms with van der Waals surface area (Å²) in [6.45, 7) is 12.5. The molecular formula is C24H31Cl2NTi. The average Bonchev–Trinajstić information content (AvgIpc) is 2.99. The van der Waals surface area contributed by atoms with Crippen LogP contribution in [-0.2, 0) is 21.7 Å². The molecule has 3 rings (SSSR count). The van der Waals surface area contributed by atoms with Crippen LogP contribution in [0.2, 0.25) is 0 Å². The number of hydrogen-bond acceptors (Lipinski definition) is 0. The van der Waals surface area contributed by atoms with E-state index in [0.29, 0.717) is 5.69 Å². The van der Waals surface area contributed by atoms with Crippen LogP contribution in [0.4, 0.5) is 5.69 Å². The molecule has 1 aliphatic carbocycles. The van der Waals surface area contributed by atoms with Gasteiger partial charge in [0.2, 0.25) is 0 Å². The number of halogens is 2. The maximum Gasteiger partial charge on any atom is 2.00 e. The molecule has 1 aliphatic rings. The molecule has 0 heterocycles. The first-order valence-corrected chi connectivity index (χ1v) is 8.86. The minimum Gasteiger partial charge on any atom is -0.698 e. The summed E-state index contributed by atoms with van der Waals surface area (Å²) in [5.74, 6) is 1.39. The van der Waals surface area contributed by atoms with E-state index in [4.69, 9.17) is 5.73 Å². The number of rotatable bonds is 2. The van der Waals surface area contributed by atoms with Crippen molar-refractivity contribution in [1.82, 2.24) is 0 Å². The molecule has 4 heteroatoms. The van der Waals surface area contributed by atoms with Crippen LogP contribution in [0.1, 0.15) is 55.0 Å². The van der Waals surface area contributed by atoms with Gasteiger partial charge in [0.1, 0.15) is 0 Å². The third-order valence-corrected chi connectivity index (χ3v) is 4.53. The van der Waals surface area contributed by atoms with Crippen LogP contribution < -0.4 is 0 Å². The van der Waals surface area contributed by atoms with Gasteiger partial charge in [-0.05, 0) is 34.1 Å². The second-order valence-electron chi connectivity index (χ2n) is 7.14. The van der Waals surface area contributed by atoms with Crippen molar-refractivity contribution in [1.29, 1.82) is 0 Å². The number of nitrogens with one attached hydrogen (secondary N) is 1. The van der Waals surface area contributed by atoms with E-state index >= 15 is 0 Å². The minimum absolute atomic E-state index is 0. The second-order valence-corrected chi connectivity index (χ2v) is 7.14. The fourth-order valence-corrected chi connectivity index (χ4v) is 3.23. The van der Waals surface area contributed by atoms with Gasteiger partial charge in [0.25, 0.3) is 0 Å². The number of hydrogen-bond donors (Lipinski definition) is 0. The maximum absolute atomic E-state index is 7.54. The quantitative estimate of drug-likeness (QED) is 0.322. The van der Waals surface area contributed by atoms with E-state index in [2.05, 4.69) is 64.1 Å². The maximum atomic E-state index is 7.54. The normalized spacial score (nSPS) is 11.5. The summed E-state index contributed by atoms with van der Waals surface area (Å²) in [4.78, 5) is 0. The topological polar surface area (TPSA) is 23.8 Å². The van der Waals surface area contributed by atoms with Crippen molar-refractivity contribution in [2.45, 2.75) is 48.0 Å². The van der Waals surface area contributed by atoms with Crippen LogP contribution in [0.15, 0.2) is 54.1 Å². The van der Waals surface area contributed by atoms with E-state index < -0.39 is 0 Å². The second kappa shape index (κ2) is 13.2. The van der Waals surface area contributed by atoms with Crippen LogP contribution >= 0.6 is 24.8 Å². The van der Waals surface area contributed by atoms with Crippen molar-refractivity contribution in [2.75, 3.05) is 0 Å². The SMILES string of the molecule is CC1=CCC(c2ccccc2[C-](C)C)=C1.Cc1cc(C)c([NH-])c(C)c1.Cl.Cl.[Ti+2]. The first-order valence-electron chi connectivity index (χ1n) is 8.86. The van der Waals surface area contributed by atoms with Crippen molar-refractivity contribution < 1.29 is 21.7 Å². The van der Waals surface area contributed by atoms with Crippen LogP contribution in [-0.4, -0.2) is 0 Å². The fraction of sp³-hybridized carbons (Fsp3) is 0.292. The molecule has 0 radical (unpaired) electrons. The third kappa shape index (κ3) is 7.72. The Kier molecular flexibility index (Phi) is 13.7. The summed E-state index contributed by atoms with van der Waals surface area (Å²) in [6.07, 6.45) is 5.66. The van der Waals surface area contributed by atoms with Gasteiger partial charge in [-0.25, -0.2) is 0 Å². The predicted octanol–water partition coefficient (Wildman–Crippen LogP) is 8.52. The zero-order chi connectivity index (χ0) is 18.6. The molecule has 0 aliphatic heterocycles. The van der Waals surface area contributed by atoms with Crippen LogP contribution in [0.3, 0.4) is 0 Å². The van der Waals surface area contributed by atoms with Crippen LogP contribution in [0.5, 0.6) is 0 Å². The van der Waals surface area contributed by atoms with Crippen molar-refractivity contribution in [3.63, 3.8) is 0 Å². The van der Waals surface area contributed by atoms with Gasteiger partial charge in [-0.1, -0.05) is 72.0 Å². The van der Waals surface area contributed by atoms with Crippen LogP contribution in [0, 0.1) is 26.7 Å².